The average Bonchev–Trinajstić information content (AvgIpc) is 2.11. The van der Waals surface area contributed by atoms with E-state index in [4.69, 9.17) is 9.16 Å². The Bertz CT molecular complexity index is 300. The van der Waals surface area contributed by atoms with Gasteiger partial charge in [0.25, 0.3) is 0 Å². The molecular formula is C14H30O4Si. The van der Waals surface area contributed by atoms with Crippen LogP contribution in [0.1, 0.15) is 48.0 Å². The molecule has 0 heterocycles. The zero-order chi connectivity index (χ0) is 15.5. The first-order valence-electron chi connectivity index (χ1n) is 6.79. The lowest BCUT2D eigenvalue weighted by Gasteiger charge is -2.38. The SMILES string of the molecule is CC(C)(C)OC(=O)C[C@H](CO)O[Si](C)(C)C(C)(C)C. The molecule has 0 aromatic carbocycles. The monoisotopic (exact) mass is 290 g/mol. The average molecular weight is 290 g/mol. The fraction of sp³-hybridized carbons (Fsp3) is 0.929. The molecule has 5 heteroatoms. The van der Waals surface area contributed by atoms with Crippen molar-refractivity contribution in [3.8, 4) is 0 Å². The summed E-state index contributed by atoms with van der Waals surface area (Å²) < 4.78 is 11.3. The molecule has 1 N–H and O–H groups in total. The molecule has 0 amide bonds. The summed E-state index contributed by atoms with van der Waals surface area (Å²) in [7, 11) is -1.98. The van der Waals surface area contributed by atoms with Gasteiger partial charge in [-0.1, -0.05) is 20.8 Å². The van der Waals surface area contributed by atoms with Crippen LogP contribution in [0.2, 0.25) is 18.1 Å². The maximum absolute atomic E-state index is 11.8. The summed E-state index contributed by atoms with van der Waals surface area (Å²) in [6.07, 6.45) is -0.379. The molecule has 0 radical (unpaired) electrons. The highest BCUT2D eigenvalue weighted by Gasteiger charge is 2.39. The molecule has 4 nitrogen and oxygen atoms in total. The van der Waals surface area contributed by atoms with Gasteiger partial charge < -0.3 is 14.3 Å². The number of ether oxygens (including phenoxy) is 1. The molecule has 0 aliphatic heterocycles. The van der Waals surface area contributed by atoms with Crippen molar-refractivity contribution in [3.05, 3.63) is 0 Å². The number of carbonyl (C=O) groups excluding carboxylic acids is 1. The molecule has 0 aliphatic carbocycles. The summed E-state index contributed by atoms with van der Waals surface area (Å²) in [6, 6.07) is 0. The lowest BCUT2D eigenvalue weighted by atomic mass is 10.2. The molecule has 0 spiro atoms. The maximum Gasteiger partial charge on any atom is 0.308 e. The fourth-order valence-corrected chi connectivity index (χ4v) is 2.65. The van der Waals surface area contributed by atoms with Crippen molar-refractivity contribution >= 4 is 14.3 Å². The van der Waals surface area contributed by atoms with Crippen LogP contribution in [0.5, 0.6) is 0 Å². The quantitative estimate of drug-likeness (QED) is 0.624. The number of carbonyl (C=O) groups is 1. The second-order valence-corrected chi connectivity index (χ2v) is 12.2. The van der Waals surface area contributed by atoms with E-state index >= 15 is 0 Å². The highest BCUT2D eigenvalue weighted by molar-refractivity contribution is 6.74. The molecule has 0 unspecified atom stereocenters. The van der Waals surface area contributed by atoms with Crippen molar-refractivity contribution in [1.29, 1.82) is 0 Å². The Morgan fingerprint density at radius 1 is 1.16 bits per heavy atom. The van der Waals surface area contributed by atoms with Gasteiger partial charge >= 0.3 is 5.97 Å². The topological polar surface area (TPSA) is 55.8 Å². The second-order valence-electron chi connectivity index (χ2n) is 7.47. The van der Waals surface area contributed by atoms with Crippen molar-refractivity contribution in [1.82, 2.24) is 0 Å². The lowest BCUT2D eigenvalue weighted by Crippen LogP contribution is -2.45. The summed E-state index contributed by atoms with van der Waals surface area (Å²) in [4.78, 5) is 11.8. The third kappa shape index (κ3) is 7.08. The van der Waals surface area contributed by atoms with Crippen LogP contribution in [0, 0.1) is 0 Å². The van der Waals surface area contributed by atoms with E-state index in [0.29, 0.717) is 0 Å². The van der Waals surface area contributed by atoms with E-state index in [1.54, 1.807) is 0 Å². The zero-order valence-corrected chi connectivity index (χ0v) is 14.7. The van der Waals surface area contributed by atoms with Gasteiger partial charge in [0.15, 0.2) is 8.32 Å². The van der Waals surface area contributed by atoms with Crippen molar-refractivity contribution in [2.45, 2.75) is 77.8 Å². The first-order chi connectivity index (χ1) is 8.28. The number of esters is 1. The van der Waals surface area contributed by atoms with Crippen molar-refractivity contribution < 1.29 is 19.1 Å². The first kappa shape index (κ1) is 18.6. The number of aliphatic hydroxyl groups excluding tert-OH is 1. The van der Waals surface area contributed by atoms with Gasteiger partial charge in [-0.15, -0.1) is 0 Å². The largest absolute Gasteiger partial charge is 0.460 e. The number of rotatable bonds is 5. The molecule has 0 fully saturated rings. The molecule has 19 heavy (non-hydrogen) atoms. The van der Waals surface area contributed by atoms with Gasteiger partial charge in [0.1, 0.15) is 5.60 Å². The molecule has 1 atom stereocenters. The highest BCUT2D eigenvalue weighted by Crippen LogP contribution is 2.37. The van der Waals surface area contributed by atoms with Gasteiger partial charge in [0.05, 0.1) is 19.1 Å². The van der Waals surface area contributed by atoms with Crippen molar-refractivity contribution in [2.24, 2.45) is 0 Å². The molecule has 0 aromatic heterocycles. The van der Waals surface area contributed by atoms with Gasteiger partial charge in [-0.05, 0) is 38.9 Å². The van der Waals surface area contributed by atoms with E-state index in [1.165, 1.54) is 0 Å². The summed E-state index contributed by atoms with van der Waals surface area (Å²) in [5, 5.41) is 9.44. The van der Waals surface area contributed by atoms with E-state index in [0.717, 1.165) is 0 Å². The summed E-state index contributed by atoms with van der Waals surface area (Å²) in [5.41, 5.74) is -0.506. The van der Waals surface area contributed by atoms with Crippen molar-refractivity contribution in [2.75, 3.05) is 6.61 Å². The molecule has 0 rings (SSSR count). The van der Waals surface area contributed by atoms with Crippen molar-refractivity contribution in [3.63, 3.8) is 0 Å². The van der Waals surface area contributed by atoms with E-state index in [-0.39, 0.29) is 24.0 Å². The van der Waals surface area contributed by atoms with Gasteiger partial charge in [0.2, 0.25) is 0 Å². The Labute approximate surface area is 118 Å². The fourth-order valence-electron chi connectivity index (χ4n) is 1.31. The van der Waals surface area contributed by atoms with E-state index in [1.807, 2.05) is 20.8 Å². The van der Waals surface area contributed by atoms with E-state index < -0.39 is 20.0 Å². The molecule has 0 saturated heterocycles. The normalized spacial score (nSPS) is 15.2. The third-order valence-corrected chi connectivity index (χ3v) is 7.82. The lowest BCUT2D eigenvalue weighted by molar-refractivity contribution is -0.157. The van der Waals surface area contributed by atoms with Crippen LogP contribution >= 0.6 is 0 Å². The summed E-state index contributed by atoms with van der Waals surface area (Å²) in [5.74, 6) is -0.328. The van der Waals surface area contributed by atoms with E-state index in [9.17, 15) is 9.90 Å². The summed E-state index contributed by atoms with van der Waals surface area (Å²) in [6.45, 7) is 15.9. The molecule has 0 saturated carbocycles. The molecule has 114 valence electrons. The third-order valence-electron chi connectivity index (χ3n) is 3.29. The minimum Gasteiger partial charge on any atom is -0.460 e. The minimum absolute atomic E-state index is 0.0500. The van der Waals surface area contributed by atoms with Crippen LogP contribution in [0.15, 0.2) is 0 Å². The Hall–Kier alpha value is -0.393. The van der Waals surface area contributed by atoms with Gasteiger partial charge in [0, 0.05) is 0 Å². The number of hydrogen-bond acceptors (Lipinski definition) is 4. The van der Waals surface area contributed by atoms with E-state index in [2.05, 4.69) is 33.9 Å². The highest BCUT2D eigenvalue weighted by atomic mass is 28.4. The predicted octanol–water partition coefficient (Wildman–Crippen LogP) is 3.10. The smallest absolute Gasteiger partial charge is 0.308 e. The van der Waals surface area contributed by atoms with Crippen LogP contribution in [-0.4, -0.2) is 37.7 Å². The summed E-state index contributed by atoms with van der Waals surface area (Å²) >= 11 is 0. The Balaban J connectivity index is 4.58. The van der Waals surface area contributed by atoms with Gasteiger partial charge in [-0.25, -0.2) is 0 Å². The van der Waals surface area contributed by atoms with Crippen LogP contribution in [0.3, 0.4) is 0 Å². The molecule has 0 aromatic rings. The molecule has 0 bridgehead atoms. The van der Waals surface area contributed by atoms with Gasteiger partial charge in [-0.2, -0.15) is 0 Å². The Morgan fingerprint density at radius 2 is 1.63 bits per heavy atom. The first-order valence-corrected chi connectivity index (χ1v) is 9.70. The van der Waals surface area contributed by atoms with Gasteiger partial charge in [-0.3, -0.25) is 4.79 Å². The second kappa shape index (κ2) is 6.37. The minimum atomic E-state index is -1.98. The maximum atomic E-state index is 11.8. The Morgan fingerprint density at radius 3 is 1.95 bits per heavy atom. The molecular weight excluding hydrogens is 260 g/mol. The predicted molar refractivity (Wildman–Crippen MR) is 79.6 cm³/mol. The van der Waals surface area contributed by atoms with Crippen LogP contribution in [-0.2, 0) is 14.0 Å². The number of aliphatic hydroxyl groups is 1. The molecule has 0 aliphatic rings. The zero-order valence-electron chi connectivity index (χ0n) is 13.7. The number of hydrogen-bond donors (Lipinski definition) is 1. The standard InChI is InChI=1S/C14H30O4Si/c1-13(2,3)17-12(16)9-11(10-15)18-19(7,8)14(4,5)6/h11,15H,9-10H2,1-8H3/t11-/m1/s1. The van der Waals surface area contributed by atoms with Crippen LogP contribution in [0.25, 0.3) is 0 Å². The van der Waals surface area contributed by atoms with Crippen LogP contribution in [0.4, 0.5) is 0 Å². The van der Waals surface area contributed by atoms with Crippen LogP contribution < -0.4 is 0 Å². The Kier molecular flexibility index (Phi) is 6.24.